The molecule has 0 unspecified atom stereocenters. The Hall–Kier alpha value is -12.8. The zero-order valence-corrected chi connectivity index (χ0v) is 67.7. The summed E-state index contributed by atoms with van der Waals surface area (Å²) >= 11 is 0. The largest absolute Gasteiger partial charge is 0.437 e. The number of aryl methyl sites for hydroxylation is 10. The van der Waals surface area contributed by atoms with E-state index in [0.717, 1.165) is 149 Å². The molecule has 12 heteroatoms. The molecule has 2 saturated carbocycles. The van der Waals surface area contributed by atoms with E-state index >= 15 is 0 Å². The maximum Gasteiger partial charge on any atom is 0.227 e. The van der Waals surface area contributed by atoms with Crippen LogP contribution in [0.4, 0.5) is 0 Å². The molecule has 0 saturated heterocycles. The second-order valence-corrected chi connectivity index (χ2v) is 32.6. The van der Waals surface area contributed by atoms with Gasteiger partial charge in [0, 0.05) is 116 Å². The number of fused-ring (bicyclic) bond motifs is 16. The van der Waals surface area contributed by atoms with Crippen molar-refractivity contribution in [3.8, 4) is 45.0 Å². The van der Waals surface area contributed by atoms with Crippen molar-refractivity contribution in [2.24, 2.45) is 40.0 Å². The topological polar surface area (TPSA) is 120 Å². The van der Waals surface area contributed by atoms with Gasteiger partial charge in [-0.2, -0.15) is 0 Å². The molecule has 2 aliphatic rings. The SMILES string of the molecule is Cc1cc[n+](C)c(-c2c(C)ccc3c2oc2nc4ccccc4cc23)c1.Cc1ccc2c(oc3nc4ccccc4cc32)c1-c1cc(CC2CCCC2)cc[n+]1C.Cc1ccc2c(oc3nc4ccccc4cc32)c1-c1cc(CC2CCCCC2)cc[n+]1C.[2H]C([2H])(C)c1cc[n+](C)c(-c2c(C)ccc3c2oc2nc4ccccc4cc23)c1. The van der Waals surface area contributed by atoms with Crippen molar-refractivity contribution in [3.63, 3.8) is 0 Å². The quantitative estimate of drug-likeness (QED) is 0.131. The minimum absolute atomic E-state index is 0.621. The summed E-state index contributed by atoms with van der Waals surface area (Å²) in [6, 6.07) is 76.1. The predicted molar refractivity (Wildman–Crippen MR) is 472 cm³/mol. The highest BCUT2D eigenvalue weighted by Gasteiger charge is 2.29. The summed E-state index contributed by atoms with van der Waals surface area (Å²) in [5.74, 6) is 1.66. The molecule has 0 atom stereocenters. The van der Waals surface area contributed by atoms with Crippen molar-refractivity contribution in [3.05, 3.63) is 288 Å². The monoisotopic (exact) mass is 1520 g/mol. The van der Waals surface area contributed by atoms with Crippen molar-refractivity contribution in [2.75, 3.05) is 0 Å². The summed E-state index contributed by atoms with van der Waals surface area (Å²) in [5, 5.41) is 13.1. The molecule has 572 valence electrons. The molecule has 2 aliphatic carbocycles. The molecule has 0 spiro atoms. The van der Waals surface area contributed by atoms with E-state index in [1.54, 1.807) is 6.92 Å². The van der Waals surface area contributed by atoms with Crippen LogP contribution in [0.5, 0.6) is 0 Å². The fourth-order valence-electron chi connectivity index (χ4n) is 18.3. The maximum atomic E-state index is 8.11. The van der Waals surface area contributed by atoms with Gasteiger partial charge in [0.25, 0.3) is 0 Å². The number of hydrogen-bond acceptors (Lipinski definition) is 8. The first kappa shape index (κ1) is 71.0. The molecule has 0 amide bonds. The fourth-order valence-corrected chi connectivity index (χ4v) is 18.3. The smallest absolute Gasteiger partial charge is 0.227 e. The molecule has 0 bridgehead atoms. The Bertz CT molecular complexity index is 7380. The van der Waals surface area contributed by atoms with Crippen LogP contribution in [0.25, 0.3) is 177 Å². The van der Waals surface area contributed by atoms with E-state index in [0.29, 0.717) is 28.4 Å². The van der Waals surface area contributed by atoms with Gasteiger partial charge in [-0.1, -0.05) is 186 Å². The Morgan fingerprint density at radius 3 is 0.905 bits per heavy atom. The van der Waals surface area contributed by atoms with E-state index in [9.17, 15) is 0 Å². The molecular formula is C104H96N8O4+4. The zero-order valence-electron chi connectivity index (χ0n) is 69.7. The third-order valence-corrected chi connectivity index (χ3v) is 24.6. The summed E-state index contributed by atoms with van der Waals surface area (Å²) in [6.07, 6.45) is 21.8. The van der Waals surface area contributed by atoms with E-state index in [1.165, 1.54) is 127 Å². The molecule has 12 nitrogen and oxygen atoms in total. The van der Waals surface area contributed by atoms with Crippen molar-refractivity contribution >= 4 is 132 Å². The average Bonchev–Trinajstić information content (AvgIpc) is 1.60. The van der Waals surface area contributed by atoms with E-state index < -0.39 is 6.37 Å². The van der Waals surface area contributed by atoms with Crippen molar-refractivity contribution < 1.29 is 38.7 Å². The van der Waals surface area contributed by atoms with Gasteiger partial charge in [0.2, 0.25) is 45.6 Å². The molecule has 116 heavy (non-hydrogen) atoms. The highest BCUT2D eigenvalue weighted by Crippen LogP contribution is 2.44. The minimum atomic E-state index is -1.42. The zero-order chi connectivity index (χ0) is 80.8. The lowest BCUT2D eigenvalue weighted by molar-refractivity contribution is -0.660. The van der Waals surface area contributed by atoms with Gasteiger partial charge in [-0.25, -0.2) is 38.2 Å². The molecular weight excluding hydrogens is 1430 g/mol. The van der Waals surface area contributed by atoms with Gasteiger partial charge in [0.1, 0.15) is 28.2 Å². The molecule has 12 aromatic heterocycles. The molecule has 2 fully saturated rings. The first-order valence-electron chi connectivity index (χ1n) is 42.1. The molecule has 0 N–H and O–H groups in total. The van der Waals surface area contributed by atoms with Gasteiger partial charge in [0.15, 0.2) is 47.1 Å². The lowest BCUT2D eigenvalue weighted by Crippen LogP contribution is -2.31. The standard InChI is InChI=1S/C29H29N2O.C28H27N2O.C24H21N2O.C23H19N2O/c1-19-12-13-23-24-18-22-10-6-7-11-25(22)30-29(24)32-28(23)27(19)26-17-21(14-15-31(26)2)16-20-8-4-3-5-9-20;1-18-11-12-22-23-17-21-9-5-6-10-24(21)29-28(23)31-27(22)26(18)25-16-20(13-14-30(25)2)15-19-7-3-4-8-19;1-4-16-11-12-26(3)21(13-16)22-15(2)9-10-18-19-14-17-7-5-6-8-20(17)25-24(19)27-23(18)22;1-14-10-11-25(3)20(12-14)21-15(2)8-9-17-18-13-16-6-4-5-7-19(16)24-23(18)26-22(17)21/h6-7,10-15,17-18,20H,3-5,8-9,16H2,1-2H3;5-6,9-14,16-17,19H,3-4,7-8,15H2,1-2H3;5-14H,4H2,1-3H3;4-13H,1-3H3/q4*+1/i;;4D2;. The third-order valence-electron chi connectivity index (χ3n) is 24.6. The Morgan fingerprint density at radius 2 is 0.586 bits per heavy atom. The summed E-state index contributed by atoms with van der Waals surface area (Å²) in [5.41, 5.74) is 28.5. The number of nitrogens with zero attached hydrogens (tertiary/aromatic N) is 8. The van der Waals surface area contributed by atoms with E-state index in [1.807, 2.05) is 90.6 Å². The minimum Gasteiger partial charge on any atom is -0.437 e. The van der Waals surface area contributed by atoms with Gasteiger partial charge < -0.3 is 17.7 Å². The normalized spacial score (nSPS) is 13.9. The van der Waals surface area contributed by atoms with Crippen LogP contribution in [0, 0.1) is 46.5 Å². The number of aromatic nitrogens is 8. The molecule has 20 aromatic rings. The first-order chi connectivity index (χ1) is 57.3. The Morgan fingerprint density at radius 1 is 0.310 bits per heavy atom. The lowest BCUT2D eigenvalue weighted by atomic mass is 9.85. The van der Waals surface area contributed by atoms with Crippen LogP contribution in [0.2, 0.25) is 0 Å². The number of rotatable bonds is 9. The number of pyridine rings is 8. The van der Waals surface area contributed by atoms with Crippen molar-refractivity contribution in [1.29, 1.82) is 0 Å². The van der Waals surface area contributed by atoms with Crippen LogP contribution in [0.3, 0.4) is 0 Å². The Balaban J connectivity index is 0.000000105. The van der Waals surface area contributed by atoms with Crippen LogP contribution < -0.4 is 18.3 Å². The molecule has 0 radical (unpaired) electrons. The summed E-state index contributed by atoms with van der Waals surface area (Å²) < 4.78 is 50.3. The summed E-state index contributed by atoms with van der Waals surface area (Å²) in [7, 11) is 8.30. The first-order valence-corrected chi connectivity index (χ1v) is 41.1. The van der Waals surface area contributed by atoms with Gasteiger partial charge in [0.05, 0.1) is 44.3 Å². The fraction of sp³-hybridized carbons (Fsp3) is 0.231. The van der Waals surface area contributed by atoms with E-state index in [4.69, 9.17) is 40.3 Å². The number of para-hydroxylation sites is 4. The predicted octanol–water partition coefficient (Wildman–Crippen LogP) is 24.5. The number of benzene rings is 8. The van der Waals surface area contributed by atoms with Crippen LogP contribution in [-0.2, 0) is 47.4 Å². The van der Waals surface area contributed by atoms with Crippen molar-refractivity contribution in [1.82, 2.24) is 19.9 Å². The second-order valence-electron chi connectivity index (χ2n) is 32.6. The van der Waals surface area contributed by atoms with Gasteiger partial charge in [-0.15, -0.1) is 0 Å². The summed E-state index contributed by atoms with van der Waals surface area (Å²) in [4.78, 5) is 19.1. The highest BCUT2D eigenvalue weighted by molar-refractivity contribution is 6.15. The highest BCUT2D eigenvalue weighted by atomic mass is 16.4. The summed E-state index contributed by atoms with van der Waals surface area (Å²) in [6.45, 7) is 12.2. The van der Waals surface area contributed by atoms with Crippen LogP contribution in [0.1, 0.15) is 112 Å². The molecule has 8 aromatic carbocycles. The maximum absolute atomic E-state index is 8.11. The molecule has 0 aliphatic heterocycles. The lowest BCUT2D eigenvalue weighted by Gasteiger charge is -2.21. The van der Waals surface area contributed by atoms with E-state index in [-0.39, 0.29) is 0 Å². The van der Waals surface area contributed by atoms with Crippen LogP contribution in [-0.4, -0.2) is 19.9 Å². The third kappa shape index (κ3) is 13.7. The number of hydrogen-bond donors (Lipinski definition) is 0. The Kier molecular flexibility index (Phi) is 18.7. The molecule has 22 rings (SSSR count). The molecule has 12 heterocycles. The second kappa shape index (κ2) is 30.5. The van der Waals surface area contributed by atoms with Crippen molar-refractivity contribution in [2.45, 2.75) is 119 Å². The average molecular weight is 1520 g/mol. The number of furan rings is 4. The Labute approximate surface area is 677 Å². The van der Waals surface area contributed by atoms with Gasteiger partial charge in [-0.3, -0.25) is 0 Å². The van der Waals surface area contributed by atoms with Gasteiger partial charge >= 0.3 is 0 Å². The van der Waals surface area contributed by atoms with Crippen LogP contribution >= 0.6 is 0 Å². The van der Waals surface area contributed by atoms with E-state index in [2.05, 4.69) is 234 Å². The van der Waals surface area contributed by atoms with Crippen LogP contribution in [0.15, 0.2) is 261 Å². The van der Waals surface area contributed by atoms with Gasteiger partial charge in [-0.05, 0) is 159 Å².